The minimum Gasteiger partial charge on any atom is -0.467 e. The number of thioether (sulfide) groups is 1. The van der Waals surface area contributed by atoms with Gasteiger partial charge in [0.15, 0.2) is 9.84 Å². The zero-order valence-electron chi connectivity index (χ0n) is 13.0. The Morgan fingerprint density at radius 2 is 2.33 bits per heavy atom. The Bertz CT molecular complexity index is 800. The summed E-state index contributed by atoms with van der Waals surface area (Å²) >= 11 is 1.11. The first kappa shape index (κ1) is 17.0. The standard InChI is InChI=1S/C14H17N3O5S2/c1-9(11-3-2-5-21-11)15-12(18)7-23-14-17-16-13(22-14)10-4-6-24(19,20)8-10/h2-3,5,9-10H,4,6-8H2,1H3,(H,15,18)/t9-,10+/m1/s1. The van der Waals surface area contributed by atoms with Crippen molar-refractivity contribution < 1.29 is 22.0 Å². The lowest BCUT2D eigenvalue weighted by atomic mass is 10.1. The highest BCUT2D eigenvalue weighted by Crippen LogP contribution is 2.29. The third-order valence-corrected chi connectivity index (χ3v) is 6.26. The molecule has 0 spiro atoms. The van der Waals surface area contributed by atoms with Crippen LogP contribution in [0.2, 0.25) is 0 Å². The summed E-state index contributed by atoms with van der Waals surface area (Å²) in [7, 11) is -3.00. The largest absolute Gasteiger partial charge is 0.467 e. The normalized spacial score (nSPS) is 20.8. The molecule has 0 aromatic carbocycles. The molecular weight excluding hydrogens is 354 g/mol. The molecule has 2 atom stereocenters. The van der Waals surface area contributed by atoms with Gasteiger partial charge >= 0.3 is 0 Å². The van der Waals surface area contributed by atoms with Gasteiger partial charge in [-0.2, -0.15) is 0 Å². The van der Waals surface area contributed by atoms with Crippen molar-refractivity contribution in [3.8, 4) is 0 Å². The van der Waals surface area contributed by atoms with E-state index in [1.54, 1.807) is 18.4 Å². The van der Waals surface area contributed by atoms with Gasteiger partial charge in [-0.3, -0.25) is 4.79 Å². The fourth-order valence-corrected chi connectivity index (χ4v) is 4.77. The van der Waals surface area contributed by atoms with Crippen LogP contribution in [0.25, 0.3) is 0 Å². The van der Waals surface area contributed by atoms with Crippen LogP contribution in [0.3, 0.4) is 0 Å². The summed E-state index contributed by atoms with van der Waals surface area (Å²) in [6.07, 6.45) is 2.05. The summed E-state index contributed by atoms with van der Waals surface area (Å²) in [5.41, 5.74) is 0. The van der Waals surface area contributed by atoms with Gasteiger partial charge in [0.25, 0.3) is 5.22 Å². The van der Waals surface area contributed by atoms with Crippen molar-refractivity contribution in [2.45, 2.75) is 30.5 Å². The molecule has 8 nitrogen and oxygen atoms in total. The predicted octanol–water partition coefficient (Wildman–Crippen LogP) is 1.53. The van der Waals surface area contributed by atoms with Crippen LogP contribution < -0.4 is 5.32 Å². The summed E-state index contributed by atoms with van der Waals surface area (Å²) in [5, 5.41) is 10.8. The van der Waals surface area contributed by atoms with Gasteiger partial charge in [-0.05, 0) is 25.5 Å². The quantitative estimate of drug-likeness (QED) is 0.760. The lowest BCUT2D eigenvalue weighted by molar-refractivity contribution is -0.119. The van der Waals surface area contributed by atoms with E-state index in [4.69, 9.17) is 8.83 Å². The topological polar surface area (TPSA) is 115 Å². The van der Waals surface area contributed by atoms with E-state index < -0.39 is 9.84 Å². The molecule has 1 aliphatic heterocycles. The molecule has 3 heterocycles. The van der Waals surface area contributed by atoms with E-state index in [9.17, 15) is 13.2 Å². The number of hydrogen-bond donors (Lipinski definition) is 1. The monoisotopic (exact) mass is 371 g/mol. The minimum absolute atomic E-state index is 0.0421. The molecule has 10 heteroatoms. The molecule has 24 heavy (non-hydrogen) atoms. The van der Waals surface area contributed by atoms with E-state index >= 15 is 0 Å². The molecule has 0 unspecified atom stereocenters. The summed E-state index contributed by atoms with van der Waals surface area (Å²) in [6.45, 7) is 1.83. The smallest absolute Gasteiger partial charge is 0.277 e. The summed E-state index contributed by atoms with van der Waals surface area (Å²) < 4.78 is 33.7. The average Bonchev–Trinajstić information content (AvgIpc) is 3.25. The van der Waals surface area contributed by atoms with E-state index in [0.717, 1.165) is 11.8 Å². The van der Waals surface area contributed by atoms with Crippen molar-refractivity contribution in [1.82, 2.24) is 15.5 Å². The molecule has 130 valence electrons. The van der Waals surface area contributed by atoms with Crippen molar-refractivity contribution in [3.05, 3.63) is 30.0 Å². The molecule has 0 bridgehead atoms. The fraction of sp³-hybridized carbons (Fsp3) is 0.500. The van der Waals surface area contributed by atoms with Crippen LogP contribution in [0, 0.1) is 0 Å². The Kier molecular flexibility index (Phi) is 4.95. The molecule has 2 aromatic heterocycles. The number of hydrogen-bond acceptors (Lipinski definition) is 8. The van der Waals surface area contributed by atoms with E-state index in [1.165, 1.54) is 0 Å². The number of carbonyl (C=O) groups excluding carboxylic acids is 1. The Hall–Kier alpha value is -1.81. The Morgan fingerprint density at radius 1 is 1.50 bits per heavy atom. The highest BCUT2D eigenvalue weighted by molar-refractivity contribution is 7.99. The molecular formula is C14H17N3O5S2. The Balaban J connectivity index is 1.49. The lowest BCUT2D eigenvalue weighted by Crippen LogP contribution is -2.27. The fourth-order valence-electron chi connectivity index (χ4n) is 2.45. The molecule has 1 aliphatic rings. The van der Waals surface area contributed by atoms with Gasteiger partial charge in [-0.1, -0.05) is 11.8 Å². The highest BCUT2D eigenvalue weighted by Gasteiger charge is 2.32. The van der Waals surface area contributed by atoms with Crippen LogP contribution in [0.5, 0.6) is 0 Å². The second-order valence-corrected chi connectivity index (χ2v) is 8.75. The van der Waals surface area contributed by atoms with Gasteiger partial charge in [-0.25, -0.2) is 8.42 Å². The van der Waals surface area contributed by atoms with Gasteiger partial charge in [0.05, 0.1) is 35.5 Å². The van der Waals surface area contributed by atoms with Crippen LogP contribution in [0.1, 0.15) is 37.0 Å². The maximum atomic E-state index is 11.9. The zero-order chi connectivity index (χ0) is 17.2. The molecule has 1 amide bonds. The van der Waals surface area contributed by atoms with Crippen molar-refractivity contribution >= 4 is 27.5 Å². The first-order valence-electron chi connectivity index (χ1n) is 7.42. The third kappa shape index (κ3) is 4.18. The number of nitrogens with zero attached hydrogens (tertiary/aromatic N) is 2. The molecule has 0 radical (unpaired) electrons. The average molecular weight is 371 g/mol. The number of sulfone groups is 1. The Morgan fingerprint density at radius 3 is 3.00 bits per heavy atom. The molecule has 1 fully saturated rings. The number of furan rings is 1. The van der Waals surface area contributed by atoms with Crippen LogP contribution in [-0.4, -0.2) is 41.8 Å². The molecule has 0 aliphatic carbocycles. The summed E-state index contributed by atoms with van der Waals surface area (Å²) in [6, 6.07) is 3.32. The van der Waals surface area contributed by atoms with Gasteiger partial charge in [-0.15, -0.1) is 10.2 Å². The Labute approximate surface area is 143 Å². The molecule has 1 saturated heterocycles. The lowest BCUT2D eigenvalue weighted by Gasteiger charge is -2.10. The van der Waals surface area contributed by atoms with Crippen LogP contribution in [-0.2, 0) is 14.6 Å². The van der Waals surface area contributed by atoms with Crippen LogP contribution in [0.15, 0.2) is 32.5 Å². The van der Waals surface area contributed by atoms with Crippen LogP contribution >= 0.6 is 11.8 Å². The number of amides is 1. The van der Waals surface area contributed by atoms with E-state index in [1.807, 2.05) is 6.92 Å². The first-order valence-corrected chi connectivity index (χ1v) is 10.2. The SMILES string of the molecule is C[C@@H](NC(=O)CSc1nnc([C@H]2CCS(=O)(=O)C2)o1)c1ccco1. The van der Waals surface area contributed by atoms with Crippen LogP contribution in [0.4, 0.5) is 0 Å². The number of aromatic nitrogens is 2. The highest BCUT2D eigenvalue weighted by atomic mass is 32.2. The van der Waals surface area contributed by atoms with Crippen molar-refractivity contribution in [1.29, 1.82) is 0 Å². The summed E-state index contributed by atoms with van der Waals surface area (Å²) in [5.74, 6) is 0.877. The van der Waals surface area contributed by atoms with E-state index in [0.29, 0.717) is 18.1 Å². The van der Waals surface area contributed by atoms with Gasteiger partial charge < -0.3 is 14.2 Å². The second-order valence-electron chi connectivity index (χ2n) is 5.60. The van der Waals surface area contributed by atoms with Crippen molar-refractivity contribution in [3.63, 3.8) is 0 Å². The maximum Gasteiger partial charge on any atom is 0.277 e. The summed E-state index contributed by atoms with van der Waals surface area (Å²) in [4.78, 5) is 11.9. The number of carbonyl (C=O) groups is 1. The van der Waals surface area contributed by atoms with Crippen molar-refractivity contribution in [2.24, 2.45) is 0 Å². The molecule has 0 saturated carbocycles. The predicted molar refractivity (Wildman–Crippen MR) is 86.3 cm³/mol. The number of rotatable bonds is 6. The van der Waals surface area contributed by atoms with Crippen molar-refractivity contribution in [2.75, 3.05) is 17.3 Å². The van der Waals surface area contributed by atoms with Gasteiger partial charge in [0.2, 0.25) is 11.8 Å². The second kappa shape index (κ2) is 6.98. The molecule has 3 rings (SSSR count). The first-order chi connectivity index (χ1) is 11.4. The van der Waals surface area contributed by atoms with E-state index in [-0.39, 0.29) is 40.3 Å². The molecule has 2 aromatic rings. The third-order valence-electron chi connectivity index (χ3n) is 3.68. The maximum absolute atomic E-state index is 11.9. The van der Waals surface area contributed by atoms with Gasteiger partial charge in [0.1, 0.15) is 5.76 Å². The van der Waals surface area contributed by atoms with Gasteiger partial charge in [0, 0.05) is 0 Å². The molecule has 1 N–H and O–H groups in total. The van der Waals surface area contributed by atoms with E-state index in [2.05, 4.69) is 15.5 Å². The number of nitrogens with one attached hydrogen (secondary N) is 1. The zero-order valence-corrected chi connectivity index (χ0v) is 14.6. The minimum atomic E-state index is -3.00.